The van der Waals surface area contributed by atoms with Gasteiger partial charge in [-0.3, -0.25) is 9.78 Å². The van der Waals surface area contributed by atoms with Crippen molar-refractivity contribution in [3.05, 3.63) is 52.5 Å². The van der Waals surface area contributed by atoms with E-state index < -0.39 is 0 Å². The largest absolute Gasteiger partial charge is 0.460 e. The van der Waals surface area contributed by atoms with Gasteiger partial charge in [0.05, 0.1) is 10.9 Å². The number of benzene rings is 1. The monoisotopic (exact) mass is 211 g/mol. The molecule has 0 aliphatic carbocycles. The van der Waals surface area contributed by atoms with Crippen LogP contribution >= 0.6 is 0 Å². The third-order valence-electron chi connectivity index (χ3n) is 2.60. The second-order valence-electron chi connectivity index (χ2n) is 3.73. The standard InChI is InChI=1S/C13H9NO2/c1-8-7-12(15)10-4-5-11-9(13(10)16-8)3-2-6-14-11/h2-7H,1H3. The Kier molecular flexibility index (Phi) is 1.80. The molecule has 3 aromatic rings. The summed E-state index contributed by atoms with van der Waals surface area (Å²) in [5.74, 6) is 0.619. The quantitative estimate of drug-likeness (QED) is 0.537. The molecule has 0 fully saturated rings. The molecule has 0 amide bonds. The average Bonchev–Trinajstić information content (AvgIpc) is 2.28. The lowest BCUT2D eigenvalue weighted by Gasteiger charge is -2.02. The van der Waals surface area contributed by atoms with E-state index in [1.807, 2.05) is 18.2 Å². The van der Waals surface area contributed by atoms with Crippen LogP contribution in [-0.2, 0) is 0 Å². The SMILES string of the molecule is Cc1cc(=O)c2ccc3ncccc3c2o1. The van der Waals surface area contributed by atoms with Crippen molar-refractivity contribution in [1.29, 1.82) is 0 Å². The Balaban J connectivity index is 2.65. The molecule has 2 aromatic heterocycles. The van der Waals surface area contributed by atoms with Gasteiger partial charge in [0.25, 0.3) is 0 Å². The van der Waals surface area contributed by atoms with Gasteiger partial charge in [-0.1, -0.05) is 0 Å². The normalized spacial score (nSPS) is 11.1. The van der Waals surface area contributed by atoms with E-state index in [9.17, 15) is 4.79 Å². The van der Waals surface area contributed by atoms with E-state index in [4.69, 9.17) is 4.42 Å². The Labute approximate surface area is 91.3 Å². The van der Waals surface area contributed by atoms with Crippen LogP contribution in [0.2, 0.25) is 0 Å². The molecule has 16 heavy (non-hydrogen) atoms. The van der Waals surface area contributed by atoms with Crippen molar-refractivity contribution < 1.29 is 4.42 Å². The van der Waals surface area contributed by atoms with Crippen LogP contribution in [0.1, 0.15) is 5.76 Å². The molecule has 0 radical (unpaired) electrons. The fourth-order valence-electron chi connectivity index (χ4n) is 1.88. The molecule has 0 aliphatic heterocycles. The fourth-order valence-corrected chi connectivity index (χ4v) is 1.88. The van der Waals surface area contributed by atoms with Crippen LogP contribution in [0.5, 0.6) is 0 Å². The highest BCUT2D eigenvalue weighted by molar-refractivity contribution is 6.02. The van der Waals surface area contributed by atoms with Crippen molar-refractivity contribution in [3.63, 3.8) is 0 Å². The minimum absolute atomic E-state index is 0.00972. The van der Waals surface area contributed by atoms with Crippen molar-refractivity contribution in [1.82, 2.24) is 4.98 Å². The molecule has 0 aliphatic rings. The molecule has 3 heteroatoms. The first-order valence-electron chi connectivity index (χ1n) is 5.04. The molecule has 3 rings (SSSR count). The third kappa shape index (κ3) is 1.21. The summed E-state index contributed by atoms with van der Waals surface area (Å²) in [5, 5.41) is 1.48. The summed E-state index contributed by atoms with van der Waals surface area (Å²) in [6.07, 6.45) is 1.72. The van der Waals surface area contributed by atoms with E-state index in [2.05, 4.69) is 4.98 Å². The highest BCUT2D eigenvalue weighted by Crippen LogP contribution is 2.22. The topological polar surface area (TPSA) is 43.1 Å². The van der Waals surface area contributed by atoms with Crippen molar-refractivity contribution in [3.8, 4) is 0 Å². The second-order valence-corrected chi connectivity index (χ2v) is 3.73. The highest BCUT2D eigenvalue weighted by atomic mass is 16.3. The zero-order chi connectivity index (χ0) is 11.1. The molecule has 3 nitrogen and oxygen atoms in total. The molecule has 78 valence electrons. The molecule has 1 aromatic carbocycles. The summed E-state index contributed by atoms with van der Waals surface area (Å²) in [4.78, 5) is 16.0. The van der Waals surface area contributed by atoms with E-state index in [0.717, 1.165) is 10.9 Å². The van der Waals surface area contributed by atoms with Gasteiger partial charge < -0.3 is 4.42 Å². The van der Waals surface area contributed by atoms with Gasteiger partial charge in [-0.15, -0.1) is 0 Å². The predicted octanol–water partition coefficient (Wildman–Crippen LogP) is 2.65. The first-order valence-corrected chi connectivity index (χ1v) is 5.04. The molecule has 0 N–H and O–H groups in total. The van der Waals surface area contributed by atoms with Crippen LogP contribution in [0.3, 0.4) is 0 Å². The minimum atomic E-state index is -0.00972. The number of hydrogen-bond acceptors (Lipinski definition) is 3. The summed E-state index contributed by atoms with van der Waals surface area (Å²) in [5.41, 5.74) is 1.45. The van der Waals surface area contributed by atoms with Gasteiger partial charge in [-0.25, -0.2) is 0 Å². The van der Waals surface area contributed by atoms with Crippen molar-refractivity contribution in [2.24, 2.45) is 0 Å². The number of aryl methyl sites for hydroxylation is 1. The van der Waals surface area contributed by atoms with Gasteiger partial charge >= 0.3 is 0 Å². The number of rotatable bonds is 0. The summed E-state index contributed by atoms with van der Waals surface area (Å²) in [7, 11) is 0. The van der Waals surface area contributed by atoms with E-state index in [1.54, 1.807) is 19.2 Å². The van der Waals surface area contributed by atoms with Crippen LogP contribution < -0.4 is 5.43 Å². The lowest BCUT2D eigenvalue weighted by Crippen LogP contribution is -2.00. The molecule has 0 bridgehead atoms. The van der Waals surface area contributed by atoms with Crippen molar-refractivity contribution in [2.75, 3.05) is 0 Å². The predicted molar refractivity (Wildman–Crippen MR) is 62.5 cm³/mol. The molecule has 0 unspecified atom stereocenters. The molecule has 0 saturated heterocycles. The highest BCUT2D eigenvalue weighted by Gasteiger charge is 2.06. The van der Waals surface area contributed by atoms with Crippen LogP contribution in [0.4, 0.5) is 0 Å². The van der Waals surface area contributed by atoms with E-state index in [1.165, 1.54) is 6.07 Å². The molecular formula is C13H9NO2. The van der Waals surface area contributed by atoms with Gasteiger partial charge in [0.1, 0.15) is 11.3 Å². The lowest BCUT2D eigenvalue weighted by molar-refractivity contribution is 0.568. The van der Waals surface area contributed by atoms with Gasteiger partial charge in [-0.05, 0) is 31.2 Å². The zero-order valence-corrected chi connectivity index (χ0v) is 8.73. The van der Waals surface area contributed by atoms with Crippen molar-refractivity contribution in [2.45, 2.75) is 6.92 Å². The van der Waals surface area contributed by atoms with Crippen molar-refractivity contribution >= 4 is 21.9 Å². The van der Waals surface area contributed by atoms with Crippen LogP contribution in [-0.4, -0.2) is 4.98 Å². The molecule has 0 saturated carbocycles. The Morgan fingerprint density at radius 2 is 2.06 bits per heavy atom. The first-order chi connectivity index (χ1) is 7.75. The number of hydrogen-bond donors (Lipinski definition) is 0. The maximum atomic E-state index is 11.8. The van der Waals surface area contributed by atoms with Crippen LogP contribution in [0, 0.1) is 6.92 Å². The zero-order valence-electron chi connectivity index (χ0n) is 8.73. The smallest absolute Gasteiger partial charge is 0.192 e. The number of aromatic nitrogens is 1. The number of fused-ring (bicyclic) bond motifs is 3. The van der Waals surface area contributed by atoms with Gasteiger partial charge in [0.2, 0.25) is 0 Å². The van der Waals surface area contributed by atoms with Crippen LogP contribution in [0.25, 0.3) is 21.9 Å². The maximum absolute atomic E-state index is 11.8. The number of pyridine rings is 1. The Hall–Kier alpha value is -2.16. The second kappa shape index (κ2) is 3.17. The van der Waals surface area contributed by atoms with Gasteiger partial charge in [0.15, 0.2) is 5.43 Å². The van der Waals surface area contributed by atoms with E-state index >= 15 is 0 Å². The van der Waals surface area contributed by atoms with E-state index in [-0.39, 0.29) is 5.43 Å². The third-order valence-corrected chi connectivity index (χ3v) is 2.60. The van der Waals surface area contributed by atoms with Gasteiger partial charge in [-0.2, -0.15) is 0 Å². The Morgan fingerprint density at radius 3 is 2.94 bits per heavy atom. The summed E-state index contributed by atoms with van der Waals surface area (Å²) in [6.45, 7) is 1.77. The average molecular weight is 211 g/mol. The minimum Gasteiger partial charge on any atom is -0.460 e. The Morgan fingerprint density at radius 1 is 1.19 bits per heavy atom. The summed E-state index contributed by atoms with van der Waals surface area (Å²) >= 11 is 0. The van der Waals surface area contributed by atoms with E-state index in [0.29, 0.717) is 16.7 Å². The summed E-state index contributed by atoms with van der Waals surface area (Å²) < 4.78 is 5.62. The molecule has 0 spiro atoms. The molecular weight excluding hydrogens is 202 g/mol. The number of nitrogens with zero attached hydrogens (tertiary/aromatic N) is 1. The first kappa shape index (κ1) is 9.09. The summed E-state index contributed by atoms with van der Waals surface area (Å²) in [6, 6.07) is 8.85. The van der Waals surface area contributed by atoms with Gasteiger partial charge in [0, 0.05) is 17.6 Å². The Bertz CT molecular complexity index is 744. The fraction of sp³-hybridized carbons (Fsp3) is 0.0769. The maximum Gasteiger partial charge on any atom is 0.192 e. The lowest BCUT2D eigenvalue weighted by atomic mass is 10.1. The molecule has 0 atom stereocenters. The van der Waals surface area contributed by atoms with Crippen LogP contribution in [0.15, 0.2) is 45.7 Å². The molecule has 2 heterocycles.